The average Bonchev–Trinajstić information content (AvgIpc) is 3.34. The van der Waals surface area contributed by atoms with Crippen LogP contribution >= 0.6 is 11.6 Å². The van der Waals surface area contributed by atoms with Gasteiger partial charge in [-0.05, 0) is 29.8 Å². The van der Waals surface area contributed by atoms with Crippen molar-refractivity contribution in [3.63, 3.8) is 0 Å². The molecule has 0 aliphatic carbocycles. The zero-order chi connectivity index (χ0) is 25.7. The van der Waals surface area contributed by atoms with Gasteiger partial charge in [-0.2, -0.15) is 0 Å². The van der Waals surface area contributed by atoms with E-state index in [0.717, 1.165) is 11.6 Å². The molecule has 0 atom stereocenters. The number of aromatic nitrogens is 1. The summed E-state index contributed by atoms with van der Waals surface area (Å²) >= 11 is 6.18. The van der Waals surface area contributed by atoms with Crippen LogP contribution in [-0.2, 0) is 6.54 Å². The Morgan fingerprint density at radius 2 is 1.29 bits per heavy atom. The Labute approximate surface area is 230 Å². The molecule has 3 nitrogen and oxygen atoms in total. The van der Waals surface area contributed by atoms with Gasteiger partial charge in [0.15, 0.2) is 0 Å². The number of hydrogen-bond acceptors (Lipinski definition) is 0. The van der Waals surface area contributed by atoms with Gasteiger partial charge in [0.05, 0.1) is 6.54 Å². The molecule has 1 aromatic heterocycles. The van der Waals surface area contributed by atoms with Crippen LogP contribution in [-0.4, -0.2) is 37.3 Å². The average molecular weight is 522 g/mol. The minimum absolute atomic E-state index is 0.409. The number of nitrogens with zero attached hydrogens (tertiary/aromatic N) is 1. The highest BCUT2D eigenvalue weighted by Crippen LogP contribution is 2.29. The molecule has 2 N–H and O–H groups in total. The quantitative estimate of drug-likeness (QED) is 0.288. The maximum absolute atomic E-state index is 6.18. The molecule has 1 aliphatic rings. The van der Waals surface area contributed by atoms with E-state index in [2.05, 4.69) is 108 Å². The molecule has 4 heteroatoms. The standard InChI is InChI=1S/C34H34ClN3/c35-31-18-16-27(17-19-31)33-26-30-14-7-8-15-32(30)38(33)21-9-20-36-22-24-37(25-23-36)34(28-10-3-1-4-11-28)29-12-5-2-6-13-29/h1-8,10-19,26,34H,9,20-25H2/p+2. The Morgan fingerprint density at radius 1 is 0.684 bits per heavy atom. The summed E-state index contributed by atoms with van der Waals surface area (Å²) in [5.41, 5.74) is 6.66. The van der Waals surface area contributed by atoms with Gasteiger partial charge < -0.3 is 14.4 Å². The predicted molar refractivity (Wildman–Crippen MR) is 158 cm³/mol. The third kappa shape index (κ3) is 5.42. The van der Waals surface area contributed by atoms with E-state index in [4.69, 9.17) is 11.6 Å². The van der Waals surface area contributed by atoms with E-state index in [1.54, 1.807) is 9.80 Å². The molecule has 0 radical (unpaired) electrons. The lowest BCUT2D eigenvalue weighted by atomic mass is 9.96. The molecule has 0 saturated carbocycles. The first kappa shape index (κ1) is 24.9. The lowest BCUT2D eigenvalue weighted by molar-refractivity contribution is -1.02. The van der Waals surface area contributed by atoms with Gasteiger partial charge in [-0.15, -0.1) is 0 Å². The maximum atomic E-state index is 6.18. The maximum Gasteiger partial charge on any atom is 0.139 e. The van der Waals surface area contributed by atoms with Gasteiger partial charge in [0.2, 0.25) is 0 Å². The molecule has 38 heavy (non-hydrogen) atoms. The second kappa shape index (κ2) is 11.6. The number of piperazine rings is 1. The highest BCUT2D eigenvalue weighted by atomic mass is 35.5. The van der Waals surface area contributed by atoms with Crippen molar-refractivity contribution in [2.75, 3.05) is 32.7 Å². The van der Waals surface area contributed by atoms with E-state index < -0.39 is 0 Å². The van der Waals surface area contributed by atoms with Crippen LogP contribution in [0.2, 0.25) is 5.02 Å². The van der Waals surface area contributed by atoms with Crippen LogP contribution < -0.4 is 9.80 Å². The summed E-state index contributed by atoms with van der Waals surface area (Å²) in [6.07, 6.45) is 1.17. The first-order valence-electron chi connectivity index (χ1n) is 13.9. The van der Waals surface area contributed by atoms with Crippen molar-refractivity contribution in [1.29, 1.82) is 0 Å². The molecule has 0 bridgehead atoms. The van der Waals surface area contributed by atoms with Crippen molar-refractivity contribution >= 4 is 22.5 Å². The SMILES string of the molecule is Clc1ccc(-c2cc3ccccc3n2CCC[NH+]2CC[NH+](C(c3ccccc3)c3ccccc3)CC2)cc1. The molecule has 0 spiro atoms. The molecule has 4 aromatic carbocycles. The minimum Gasteiger partial charge on any atom is -0.340 e. The Balaban J connectivity index is 1.12. The third-order valence-corrected chi connectivity index (χ3v) is 8.39. The van der Waals surface area contributed by atoms with Gasteiger partial charge in [0, 0.05) is 45.7 Å². The Bertz CT molecular complexity index is 1410. The molecule has 1 fully saturated rings. The summed E-state index contributed by atoms with van der Waals surface area (Å²) in [6, 6.07) is 41.8. The van der Waals surface area contributed by atoms with E-state index in [1.807, 2.05) is 12.1 Å². The number of hydrogen-bond donors (Lipinski definition) is 2. The molecule has 5 aromatic rings. The van der Waals surface area contributed by atoms with Crippen LogP contribution in [0.1, 0.15) is 23.6 Å². The van der Waals surface area contributed by atoms with Crippen molar-refractivity contribution in [2.24, 2.45) is 0 Å². The Hall–Kier alpha value is -3.37. The number of halogens is 1. The van der Waals surface area contributed by atoms with E-state index in [1.165, 1.54) is 72.4 Å². The second-order valence-corrected chi connectivity index (χ2v) is 10.9. The number of aryl methyl sites for hydroxylation is 1. The van der Waals surface area contributed by atoms with Crippen LogP contribution in [0.25, 0.3) is 22.2 Å². The molecular formula is C34H36ClN3+2. The molecule has 1 aliphatic heterocycles. The minimum atomic E-state index is 0.409. The van der Waals surface area contributed by atoms with Gasteiger partial charge >= 0.3 is 0 Å². The van der Waals surface area contributed by atoms with Crippen molar-refractivity contribution in [1.82, 2.24) is 4.57 Å². The summed E-state index contributed by atoms with van der Waals surface area (Å²) in [5.74, 6) is 0. The number of nitrogens with one attached hydrogen (secondary N) is 2. The van der Waals surface area contributed by atoms with Crippen LogP contribution in [0.15, 0.2) is 115 Å². The summed E-state index contributed by atoms with van der Waals surface area (Å²) in [6.45, 7) is 7.09. The lowest BCUT2D eigenvalue weighted by Gasteiger charge is -2.35. The number of rotatable bonds is 8. The molecule has 6 rings (SSSR count). The van der Waals surface area contributed by atoms with Gasteiger partial charge in [0.25, 0.3) is 0 Å². The fraction of sp³-hybridized carbons (Fsp3) is 0.235. The molecular weight excluding hydrogens is 486 g/mol. The van der Waals surface area contributed by atoms with E-state index in [9.17, 15) is 0 Å². The summed E-state index contributed by atoms with van der Waals surface area (Å²) < 4.78 is 2.50. The van der Waals surface area contributed by atoms with E-state index in [0.29, 0.717) is 6.04 Å². The van der Waals surface area contributed by atoms with Crippen molar-refractivity contribution in [3.8, 4) is 11.3 Å². The number of fused-ring (bicyclic) bond motifs is 1. The van der Waals surface area contributed by atoms with Crippen LogP contribution in [0.4, 0.5) is 0 Å². The highest BCUT2D eigenvalue weighted by molar-refractivity contribution is 6.30. The molecule has 192 valence electrons. The van der Waals surface area contributed by atoms with Crippen molar-refractivity contribution < 1.29 is 9.80 Å². The van der Waals surface area contributed by atoms with Gasteiger partial charge in [-0.1, -0.05) is 103 Å². The largest absolute Gasteiger partial charge is 0.340 e. The second-order valence-electron chi connectivity index (χ2n) is 10.5. The summed E-state index contributed by atoms with van der Waals surface area (Å²) in [5, 5.41) is 2.08. The van der Waals surface area contributed by atoms with Gasteiger partial charge in [-0.25, -0.2) is 0 Å². The zero-order valence-electron chi connectivity index (χ0n) is 21.8. The van der Waals surface area contributed by atoms with Crippen LogP contribution in [0.3, 0.4) is 0 Å². The summed E-state index contributed by atoms with van der Waals surface area (Å²) in [7, 11) is 0. The predicted octanol–water partition coefficient (Wildman–Crippen LogP) is 4.92. The van der Waals surface area contributed by atoms with E-state index in [-0.39, 0.29) is 0 Å². The van der Waals surface area contributed by atoms with Crippen LogP contribution in [0.5, 0.6) is 0 Å². The Morgan fingerprint density at radius 3 is 1.95 bits per heavy atom. The topological polar surface area (TPSA) is 13.8 Å². The molecule has 2 heterocycles. The molecule has 1 saturated heterocycles. The van der Waals surface area contributed by atoms with Gasteiger partial charge in [-0.3, -0.25) is 0 Å². The fourth-order valence-corrected chi connectivity index (χ4v) is 6.34. The monoisotopic (exact) mass is 521 g/mol. The molecule has 0 unspecified atom stereocenters. The number of para-hydroxylation sites is 1. The first-order valence-corrected chi connectivity index (χ1v) is 14.3. The zero-order valence-corrected chi connectivity index (χ0v) is 22.6. The fourth-order valence-electron chi connectivity index (χ4n) is 6.22. The lowest BCUT2D eigenvalue weighted by Crippen LogP contribution is -3.28. The van der Waals surface area contributed by atoms with Crippen LogP contribution in [0, 0.1) is 0 Å². The van der Waals surface area contributed by atoms with Crippen molar-refractivity contribution in [2.45, 2.75) is 19.0 Å². The summed E-state index contributed by atoms with van der Waals surface area (Å²) in [4.78, 5) is 3.42. The van der Waals surface area contributed by atoms with E-state index >= 15 is 0 Å². The first-order chi connectivity index (χ1) is 18.8. The highest BCUT2D eigenvalue weighted by Gasteiger charge is 2.31. The normalized spacial score (nSPS) is 17.7. The van der Waals surface area contributed by atoms with Gasteiger partial charge in [0.1, 0.15) is 32.2 Å². The molecule has 0 amide bonds. The number of quaternary nitrogens is 2. The van der Waals surface area contributed by atoms with Crippen molar-refractivity contribution in [3.05, 3.63) is 131 Å². The smallest absolute Gasteiger partial charge is 0.139 e. The third-order valence-electron chi connectivity index (χ3n) is 8.14. The Kier molecular flexibility index (Phi) is 7.59. The number of benzene rings is 4.